The van der Waals surface area contributed by atoms with Crippen LogP contribution < -0.4 is 5.32 Å². The third kappa shape index (κ3) is 3.96. The minimum atomic E-state index is -0.244. The molecule has 118 valence electrons. The molecule has 3 rings (SSSR count). The lowest BCUT2D eigenvalue weighted by Crippen LogP contribution is -2.45. The molecule has 1 aromatic carbocycles. The molecule has 6 heteroatoms. The molecule has 0 radical (unpaired) electrons. The van der Waals surface area contributed by atoms with Crippen molar-refractivity contribution in [2.24, 2.45) is 0 Å². The van der Waals surface area contributed by atoms with E-state index in [2.05, 4.69) is 21.3 Å². The van der Waals surface area contributed by atoms with Gasteiger partial charge in [0.1, 0.15) is 5.82 Å². The quantitative estimate of drug-likeness (QED) is 0.926. The van der Waals surface area contributed by atoms with Gasteiger partial charge >= 0.3 is 0 Å². The third-order valence-electron chi connectivity index (χ3n) is 3.81. The van der Waals surface area contributed by atoms with E-state index in [0.29, 0.717) is 17.1 Å². The van der Waals surface area contributed by atoms with Gasteiger partial charge < -0.3 is 5.32 Å². The summed E-state index contributed by atoms with van der Waals surface area (Å²) < 4.78 is 14.0. The molecule has 1 aliphatic rings. The van der Waals surface area contributed by atoms with Crippen LogP contribution in [0.1, 0.15) is 17.2 Å². The zero-order valence-corrected chi connectivity index (χ0v) is 13.6. The average Bonchev–Trinajstić information content (AvgIpc) is 2.51. The van der Waals surface area contributed by atoms with Crippen LogP contribution >= 0.6 is 24.0 Å². The summed E-state index contributed by atoms with van der Waals surface area (Å²) in [6.45, 7) is 3.21. The maximum absolute atomic E-state index is 14.0. The van der Waals surface area contributed by atoms with Crippen molar-refractivity contribution in [2.45, 2.75) is 12.6 Å². The van der Waals surface area contributed by atoms with Crippen molar-refractivity contribution in [3.8, 4) is 0 Å². The number of hydrogen-bond donors (Lipinski definition) is 1. The molecule has 3 nitrogen and oxygen atoms in total. The third-order valence-corrected chi connectivity index (χ3v) is 4.05. The summed E-state index contributed by atoms with van der Waals surface area (Å²) in [6, 6.07) is 9.09. The normalized spacial score (nSPS) is 18.7. The molecule has 0 spiro atoms. The Hall–Kier alpha value is -1.20. The van der Waals surface area contributed by atoms with Crippen molar-refractivity contribution in [2.75, 3.05) is 19.6 Å². The maximum Gasteiger partial charge on any atom is 0.129 e. The van der Waals surface area contributed by atoms with Crippen LogP contribution in [-0.2, 0) is 6.54 Å². The van der Waals surface area contributed by atoms with Gasteiger partial charge in [-0.25, -0.2) is 4.39 Å². The van der Waals surface area contributed by atoms with Gasteiger partial charge in [-0.2, -0.15) is 0 Å². The highest BCUT2D eigenvalue weighted by Gasteiger charge is 2.24. The molecule has 0 saturated carbocycles. The van der Waals surface area contributed by atoms with E-state index < -0.39 is 0 Å². The first-order chi connectivity index (χ1) is 10.2. The summed E-state index contributed by atoms with van der Waals surface area (Å²) in [5, 5.41) is 3.82. The first kappa shape index (κ1) is 17.2. The second kappa shape index (κ2) is 7.88. The van der Waals surface area contributed by atoms with Crippen LogP contribution in [0.5, 0.6) is 0 Å². The maximum atomic E-state index is 14.0. The Balaban J connectivity index is 0.00000176. The van der Waals surface area contributed by atoms with Crippen LogP contribution in [0.3, 0.4) is 0 Å². The van der Waals surface area contributed by atoms with Crippen molar-refractivity contribution in [1.82, 2.24) is 15.2 Å². The Labute approximate surface area is 140 Å². The van der Waals surface area contributed by atoms with Gasteiger partial charge in [-0.15, -0.1) is 12.4 Å². The molecule has 2 heterocycles. The van der Waals surface area contributed by atoms with Crippen LogP contribution in [0.2, 0.25) is 5.02 Å². The summed E-state index contributed by atoms with van der Waals surface area (Å²) in [7, 11) is 0. The van der Waals surface area contributed by atoms with Gasteiger partial charge in [0.2, 0.25) is 0 Å². The van der Waals surface area contributed by atoms with Gasteiger partial charge in [0.05, 0.1) is 0 Å². The van der Waals surface area contributed by atoms with Gasteiger partial charge in [-0.1, -0.05) is 23.7 Å². The Morgan fingerprint density at radius 3 is 2.95 bits per heavy atom. The summed E-state index contributed by atoms with van der Waals surface area (Å²) in [5.74, 6) is -0.244. The average molecular weight is 342 g/mol. The first-order valence-corrected chi connectivity index (χ1v) is 7.40. The van der Waals surface area contributed by atoms with E-state index in [1.807, 2.05) is 12.3 Å². The van der Waals surface area contributed by atoms with E-state index in [1.54, 1.807) is 18.3 Å². The SMILES string of the molecule is Cl.Fc1cc(Cl)ccc1CN1CCNCC1c1cccnc1. The fourth-order valence-corrected chi connectivity index (χ4v) is 2.86. The molecule has 0 amide bonds. The monoisotopic (exact) mass is 341 g/mol. The number of benzene rings is 1. The van der Waals surface area contributed by atoms with Crippen molar-refractivity contribution in [3.63, 3.8) is 0 Å². The van der Waals surface area contributed by atoms with E-state index in [9.17, 15) is 4.39 Å². The highest BCUT2D eigenvalue weighted by molar-refractivity contribution is 6.30. The fraction of sp³-hybridized carbons (Fsp3) is 0.312. The van der Waals surface area contributed by atoms with Crippen LogP contribution in [0.4, 0.5) is 4.39 Å². The molecule has 0 bridgehead atoms. The number of pyridine rings is 1. The number of hydrogen-bond acceptors (Lipinski definition) is 3. The lowest BCUT2D eigenvalue weighted by molar-refractivity contribution is 0.151. The molecule has 1 aromatic heterocycles. The Bertz CT molecular complexity index is 610. The van der Waals surface area contributed by atoms with Crippen molar-refractivity contribution in [3.05, 3.63) is 64.7 Å². The Morgan fingerprint density at radius 1 is 1.36 bits per heavy atom. The largest absolute Gasteiger partial charge is 0.314 e. The predicted octanol–water partition coefficient (Wildman–Crippen LogP) is 3.44. The van der Waals surface area contributed by atoms with Crippen molar-refractivity contribution < 1.29 is 4.39 Å². The zero-order valence-electron chi connectivity index (χ0n) is 12.0. The highest BCUT2D eigenvalue weighted by atomic mass is 35.5. The standard InChI is InChI=1S/C16H17ClFN3.ClH/c17-14-4-3-13(15(18)8-14)11-21-7-6-20-10-16(21)12-2-1-5-19-9-12;/h1-5,8-9,16,20H,6-7,10-11H2;1H. The van der Waals surface area contributed by atoms with E-state index in [0.717, 1.165) is 25.2 Å². The Kier molecular flexibility index (Phi) is 6.15. The van der Waals surface area contributed by atoms with Gasteiger partial charge in [0.15, 0.2) is 0 Å². The highest BCUT2D eigenvalue weighted by Crippen LogP contribution is 2.25. The molecule has 22 heavy (non-hydrogen) atoms. The summed E-state index contributed by atoms with van der Waals surface area (Å²) in [4.78, 5) is 6.46. The molecule has 0 aliphatic carbocycles. The second-order valence-electron chi connectivity index (χ2n) is 5.21. The lowest BCUT2D eigenvalue weighted by atomic mass is 10.0. The number of halogens is 3. The van der Waals surface area contributed by atoms with E-state index >= 15 is 0 Å². The minimum absolute atomic E-state index is 0. The smallest absolute Gasteiger partial charge is 0.129 e. The summed E-state index contributed by atoms with van der Waals surface area (Å²) in [5.41, 5.74) is 1.83. The molecule has 2 aromatic rings. The number of nitrogens with zero attached hydrogens (tertiary/aromatic N) is 2. The van der Waals surface area contributed by atoms with Crippen molar-refractivity contribution in [1.29, 1.82) is 0 Å². The fourth-order valence-electron chi connectivity index (χ4n) is 2.71. The number of rotatable bonds is 3. The molecule has 1 fully saturated rings. The molecular weight excluding hydrogens is 324 g/mol. The molecule has 1 aliphatic heterocycles. The van der Waals surface area contributed by atoms with E-state index in [-0.39, 0.29) is 24.3 Å². The number of aromatic nitrogens is 1. The number of piperazine rings is 1. The summed E-state index contributed by atoms with van der Waals surface area (Å²) >= 11 is 5.81. The zero-order chi connectivity index (χ0) is 14.7. The van der Waals surface area contributed by atoms with Crippen molar-refractivity contribution >= 4 is 24.0 Å². The van der Waals surface area contributed by atoms with Crippen LogP contribution in [-0.4, -0.2) is 29.5 Å². The van der Waals surface area contributed by atoms with Gasteiger partial charge in [0.25, 0.3) is 0 Å². The van der Waals surface area contributed by atoms with Crippen LogP contribution in [0.15, 0.2) is 42.7 Å². The molecule has 1 atom stereocenters. The predicted molar refractivity (Wildman–Crippen MR) is 88.9 cm³/mol. The molecule has 1 unspecified atom stereocenters. The number of nitrogens with one attached hydrogen (secondary N) is 1. The van der Waals surface area contributed by atoms with E-state index in [4.69, 9.17) is 11.6 Å². The summed E-state index contributed by atoms with van der Waals surface area (Å²) in [6.07, 6.45) is 3.64. The van der Waals surface area contributed by atoms with Crippen LogP contribution in [0, 0.1) is 5.82 Å². The topological polar surface area (TPSA) is 28.2 Å². The van der Waals surface area contributed by atoms with E-state index in [1.165, 1.54) is 6.07 Å². The molecule has 1 saturated heterocycles. The van der Waals surface area contributed by atoms with Gasteiger partial charge in [-0.3, -0.25) is 9.88 Å². The van der Waals surface area contributed by atoms with Crippen LogP contribution in [0.25, 0.3) is 0 Å². The lowest BCUT2D eigenvalue weighted by Gasteiger charge is -2.36. The Morgan fingerprint density at radius 2 is 2.23 bits per heavy atom. The molecular formula is C16H18Cl2FN3. The van der Waals surface area contributed by atoms with Gasteiger partial charge in [-0.05, 0) is 23.8 Å². The second-order valence-corrected chi connectivity index (χ2v) is 5.65. The first-order valence-electron chi connectivity index (χ1n) is 7.02. The van der Waals surface area contributed by atoms with Gasteiger partial charge in [0, 0.05) is 55.2 Å². The molecule has 1 N–H and O–H groups in total. The minimum Gasteiger partial charge on any atom is -0.314 e.